The molecule has 0 heterocycles. The number of aliphatic carboxylic acids is 1. The second-order valence-corrected chi connectivity index (χ2v) is 11.5. The molecule has 0 atom stereocenters. The van der Waals surface area contributed by atoms with Crippen molar-refractivity contribution in [2.75, 3.05) is 0 Å². The Balaban J connectivity index is 0.000000328. The zero-order chi connectivity index (χ0) is 24.9. The van der Waals surface area contributed by atoms with Crippen LogP contribution in [0.25, 0.3) is 0 Å². The maximum atomic E-state index is 11.6. The molecule has 33 heavy (non-hydrogen) atoms. The monoisotopic (exact) mass is 495 g/mol. The maximum Gasteiger partial charge on any atom is 0.465 e. The van der Waals surface area contributed by atoms with Crippen molar-refractivity contribution in [3.63, 3.8) is 0 Å². The molecule has 0 spiro atoms. The van der Waals surface area contributed by atoms with Gasteiger partial charge in [0.1, 0.15) is 0 Å². The molecule has 0 aliphatic rings. The predicted molar refractivity (Wildman–Crippen MR) is 124 cm³/mol. The van der Waals surface area contributed by atoms with Crippen molar-refractivity contribution in [1.82, 2.24) is 0 Å². The number of halogens is 2. The van der Waals surface area contributed by atoms with Crippen LogP contribution in [0.1, 0.15) is 26.3 Å². The number of benzene rings is 3. The molecule has 0 bridgehead atoms. The summed E-state index contributed by atoms with van der Waals surface area (Å²) >= 11 is 0. The molecular formula is C24H25F2O5S2+. The zero-order valence-electron chi connectivity index (χ0n) is 18.3. The van der Waals surface area contributed by atoms with E-state index in [4.69, 9.17) is 9.66 Å². The third-order valence-corrected chi connectivity index (χ3v) is 7.54. The lowest BCUT2D eigenvalue weighted by molar-refractivity contribution is -0.154. The third-order valence-electron chi connectivity index (χ3n) is 4.49. The van der Waals surface area contributed by atoms with E-state index < -0.39 is 21.3 Å². The second kappa shape index (κ2) is 10.5. The van der Waals surface area contributed by atoms with E-state index in [-0.39, 0.29) is 16.3 Å². The topological polar surface area (TPSA) is 91.7 Å². The van der Waals surface area contributed by atoms with Crippen LogP contribution in [0.3, 0.4) is 0 Å². The fourth-order valence-electron chi connectivity index (χ4n) is 2.72. The van der Waals surface area contributed by atoms with E-state index in [1.807, 2.05) is 0 Å². The van der Waals surface area contributed by atoms with Gasteiger partial charge in [0, 0.05) is 0 Å². The molecule has 5 nitrogen and oxygen atoms in total. The van der Waals surface area contributed by atoms with Crippen molar-refractivity contribution < 1.29 is 31.7 Å². The summed E-state index contributed by atoms with van der Waals surface area (Å²) < 4.78 is 49.8. The minimum atomic E-state index is -5.83. The number of carboxylic acids is 1. The number of alkyl halides is 2. The van der Waals surface area contributed by atoms with Crippen LogP contribution in [0, 0.1) is 0 Å². The van der Waals surface area contributed by atoms with Crippen molar-refractivity contribution in [3.8, 4) is 0 Å². The lowest BCUT2D eigenvalue weighted by Crippen LogP contribution is -2.36. The maximum absolute atomic E-state index is 11.6. The van der Waals surface area contributed by atoms with E-state index >= 15 is 0 Å². The van der Waals surface area contributed by atoms with Crippen LogP contribution in [-0.2, 0) is 31.2 Å². The van der Waals surface area contributed by atoms with Gasteiger partial charge in [0.05, 0.1) is 10.9 Å². The number of carbonyl (C=O) groups is 1. The third kappa shape index (κ3) is 6.86. The fourth-order valence-corrected chi connectivity index (χ4v) is 5.03. The molecule has 3 aromatic carbocycles. The van der Waals surface area contributed by atoms with Gasteiger partial charge in [-0.25, -0.2) is 4.79 Å². The SMILES string of the molecule is CC(C)(C)c1ccc([S+](c2ccccc2)c2ccccc2)cc1.O=C(O)C(F)(F)S(=O)(=O)O. The highest BCUT2D eigenvalue weighted by Crippen LogP contribution is 2.32. The van der Waals surface area contributed by atoms with Gasteiger partial charge >= 0.3 is 21.3 Å². The quantitative estimate of drug-likeness (QED) is 0.354. The van der Waals surface area contributed by atoms with E-state index in [2.05, 4.69) is 106 Å². The van der Waals surface area contributed by atoms with Crippen LogP contribution in [0.4, 0.5) is 8.78 Å². The number of hydrogen-bond acceptors (Lipinski definition) is 3. The van der Waals surface area contributed by atoms with Gasteiger partial charge in [0.2, 0.25) is 0 Å². The van der Waals surface area contributed by atoms with Gasteiger partial charge in [0.15, 0.2) is 14.7 Å². The Morgan fingerprint density at radius 3 is 1.39 bits per heavy atom. The molecule has 0 aliphatic carbocycles. The normalized spacial score (nSPS) is 12.1. The Morgan fingerprint density at radius 1 is 0.758 bits per heavy atom. The van der Waals surface area contributed by atoms with Gasteiger partial charge in [-0.3, -0.25) is 4.55 Å². The van der Waals surface area contributed by atoms with Gasteiger partial charge in [-0.15, -0.1) is 0 Å². The molecule has 176 valence electrons. The van der Waals surface area contributed by atoms with E-state index in [1.165, 1.54) is 20.2 Å². The first-order chi connectivity index (χ1) is 15.2. The van der Waals surface area contributed by atoms with Gasteiger partial charge in [-0.2, -0.15) is 17.2 Å². The zero-order valence-corrected chi connectivity index (χ0v) is 19.9. The lowest BCUT2D eigenvalue weighted by atomic mass is 9.87. The van der Waals surface area contributed by atoms with E-state index in [0.29, 0.717) is 0 Å². The molecule has 0 saturated carbocycles. The van der Waals surface area contributed by atoms with Crippen LogP contribution >= 0.6 is 0 Å². The first-order valence-corrected chi connectivity index (χ1v) is 12.4. The molecule has 0 saturated heterocycles. The minimum Gasteiger partial charge on any atom is -0.476 e. The van der Waals surface area contributed by atoms with E-state index in [1.54, 1.807) is 0 Å². The highest BCUT2D eigenvalue weighted by Gasteiger charge is 2.52. The van der Waals surface area contributed by atoms with Gasteiger partial charge in [-0.1, -0.05) is 69.3 Å². The first-order valence-electron chi connectivity index (χ1n) is 9.78. The summed E-state index contributed by atoms with van der Waals surface area (Å²) in [4.78, 5) is 13.5. The van der Waals surface area contributed by atoms with Crippen molar-refractivity contribution in [2.45, 2.75) is 46.1 Å². The average Bonchev–Trinajstić information content (AvgIpc) is 2.75. The number of rotatable bonds is 5. The summed E-state index contributed by atoms with van der Waals surface area (Å²) in [7, 11) is -5.88. The standard InChI is InChI=1S/C22H23S.C2H2F2O5S/c1-22(2,3)18-14-16-21(17-15-18)23(19-10-6-4-7-11-19)20-12-8-5-9-13-20;3-2(4,1(5)6)10(7,8)9/h4-17H,1-3H3;(H,5,6)(H,7,8,9)/q+1;. The second-order valence-electron chi connectivity index (χ2n) is 8.00. The molecule has 0 radical (unpaired) electrons. The molecular weight excluding hydrogens is 470 g/mol. The van der Waals surface area contributed by atoms with Crippen molar-refractivity contribution in [1.29, 1.82) is 0 Å². The molecule has 2 N–H and O–H groups in total. The number of hydrogen-bond donors (Lipinski definition) is 2. The van der Waals surface area contributed by atoms with Crippen LogP contribution in [0.5, 0.6) is 0 Å². The molecule has 0 fully saturated rings. The van der Waals surface area contributed by atoms with Gasteiger partial charge in [-0.05, 0) is 47.4 Å². The summed E-state index contributed by atoms with van der Waals surface area (Å²) in [6, 6.07) is 30.7. The molecule has 9 heteroatoms. The van der Waals surface area contributed by atoms with Gasteiger partial charge < -0.3 is 5.11 Å². The van der Waals surface area contributed by atoms with Crippen LogP contribution in [0.15, 0.2) is 99.6 Å². The molecule has 0 unspecified atom stereocenters. The summed E-state index contributed by atoms with van der Waals surface area (Å²) in [6.45, 7) is 6.78. The fraction of sp³-hybridized carbons (Fsp3) is 0.208. The minimum absolute atomic E-state index is 0.0497. The summed E-state index contributed by atoms with van der Waals surface area (Å²) in [6.07, 6.45) is 0. The lowest BCUT2D eigenvalue weighted by Gasteiger charge is -2.19. The van der Waals surface area contributed by atoms with Crippen molar-refractivity contribution in [3.05, 3.63) is 90.5 Å². The molecule has 0 aromatic heterocycles. The number of carboxylic acid groups (broad SMARTS) is 1. The largest absolute Gasteiger partial charge is 0.476 e. The smallest absolute Gasteiger partial charge is 0.465 e. The summed E-state index contributed by atoms with van der Waals surface area (Å²) in [5.41, 5.74) is 1.57. The highest BCUT2D eigenvalue weighted by atomic mass is 32.2. The Morgan fingerprint density at radius 2 is 1.12 bits per heavy atom. The predicted octanol–water partition coefficient (Wildman–Crippen LogP) is 5.63. The molecule has 3 aromatic rings. The summed E-state index contributed by atoms with van der Waals surface area (Å²) in [5.74, 6) is -2.91. The first kappa shape index (κ1) is 26.5. The Labute approximate surface area is 195 Å². The van der Waals surface area contributed by atoms with E-state index in [9.17, 15) is 22.0 Å². The van der Waals surface area contributed by atoms with E-state index in [0.717, 1.165) is 0 Å². The Kier molecular flexibility index (Phi) is 8.40. The van der Waals surface area contributed by atoms with Crippen molar-refractivity contribution >= 4 is 27.0 Å². The average molecular weight is 496 g/mol. The van der Waals surface area contributed by atoms with Crippen LogP contribution in [-0.4, -0.2) is 29.3 Å². The Hall–Kier alpha value is -2.75. The molecule has 0 aliphatic heterocycles. The van der Waals surface area contributed by atoms with Crippen LogP contribution < -0.4 is 0 Å². The summed E-state index contributed by atoms with van der Waals surface area (Å²) in [5, 5.41) is 2.37. The Bertz CT molecular complexity index is 1120. The molecule has 0 amide bonds. The van der Waals surface area contributed by atoms with Crippen molar-refractivity contribution in [2.24, 2.45) is 0 Å². The highest BCUT2D eigenvalue weighted by molar-refractivity contribution is 7.97. The van der Waals surface area contributed by atoms with Crippen LogP contribution in [0.2, 0.25) is 0 Å². The van der Waals surface area contributed by atoms with Gasteiger partial charge in [0.25, 0.3) is 0 Å². The molecule has 3 rings (SSSR count).